The molecule has 0 saturated heterocycles. The normalized spacial score (nSPS) is 13.6. The van der Waals surface area contributed by atoms with Crippen LogP contribution in [-0.4, -0.2) is 35.3 Å². The van der Waals surface area contributed by atoms with E-state index in [0.29, 0.717) is 48.5 Å². The summed E-state index contributed by atoms with van der Waals surface area (Å²) >= 11 is 0. The van der Waals surface area contributed by atoms with E-state index in [1.165, 1.54) is 19.2 Å². The Hall–Kier alpha value is -2.61. The Morgan fingerprint density at radius 3 is 2.54 bits per heavy atom. The molecule has 1 N–H and O–H groups in total. The highest BCUT2D eigenvalue weighted by molar-refractivity contribution is 7.92. The van der Waals surface area contributed by atoms with Gasteiger partial charge in [0.15, 0.2) is 23.0 Å². The van der Waals surface area contributed by atoms with E-state index in [0.717, 1.165) is 6.42 Å². The Morgan fingerprint density at radius 2 is 1.81 bits per heavy atom. The average Bonchev–Trinajstić information content (AvgIpc) is 2.87. The second-order valence-corrected chi connectivity index (χ2v) is 7.25. The molecule has 1 aliphatic heterocycles. The van der Waals surface area contributed by atoms with Gasteiger partial charge in [0.2, 0.25) is 0 Å². The molecule has 26 heavy (non-hydrogen) atoms. The van der Waals surface area contributed by atoms with Gasteiger partial charge < -0.3 is 18.9 Å². The number of hydrogen-bond acceptors (Lipinski definition) is 6. The molecule has 0 radical (unpaired) electrons. The number of anilines is 1. The van der Waals surface area contributed by atoms with Crippen molar-refractivity contribution in [2.45, 2.75) is 18.2 Å². The maximum atomic E-state index is 12.7. The summed E-state index contributed by atoms with van der Waals surface area (Å²) in [6, 6.07) is 9.41. The molecule has 0 amide bonds. The maximum absolute atomic E-state index is 12.7. The van der Waals surface area contributed by atoms with Gasteiger partial charge in [-0.25, -0.2) is 8.42 Å². The van der Waals surface area contributed by atoms with Gasteiger partial charge in [-0.1, -0.05) is 0 Å². The first-order valence-electron chi connectivity index (χ1n) is 8.27. The Bertz CT molecular complexity index is 881. The maximum Gasteiger partial charge on any atom is 0.262 e. The van der Waals surface area contributed by atoms with Gasteiger partial charge in [0.1, 0.15) is 0 Å². The number of benzene rings is 2. The summed E-state index contributed by atoms with van der Waals surface area (Å²) in [4.78, 5) is 0.0922. The van der Waals surface area contributed by atoms with Gasteiger partial charge in [0.25, 0.3) is 10.0 Å². The smallest absolute Gasteiger partial charge is 0.262 e. The molecule has 0 atom stereocenters. The largest absolute Gasteiger partial charge is 0.493 e. The van der Waals surface area contributed by atoms with E-state index in [1.54, 1.807) is 24.3 Å². The van der Waals surface area contributed by atoms with Crippen molar-refractivity contribution in [3.8, 4) is 23.0 Å². The number of ether oxygens (including phenoxy) is 4. The lowest BCUT2D eigenvalue weighted by Crippen LogP contribution is -2.13. The zero-order valence-corrected chi connectivity index (χ0v) is 15.5. The van der Waals surface area contributed by atoms with E-state index in [2.05, 4.69) is 4.72 Å². The SMILES string of the molecule is CCOc1ccc(NS(=O)(=O)c2ccc3c(c2)OCCCO3)cc1OC. The molecule has 3 rings (SSSR count). The predicted octanol–water partition coefficient (Wildman–Crippen LogP) is 3.06. The molecule has 0 fully saturated rings. The standard InChI is InChI=1S/C18H21NO6S/c1-3-23-15-7-5-13(11-17(15)22-2)19-26(20,21)14-6-8-16-18(12-14)25-10-4-9-24-16/h5-8,11-12,19H,3-4,9-10H2,1-2H3. The summed E-state index contributed by atoms with van der Waals surface area (Å²) < 4.78 is 49.7. The Labute approximate surface area is 152 Å². The van der Waals surface area contributed by atoms with Crippen molar-refractivity contribution in [3.05, 3.63) is 36.4 Å². The number of fused-ring (bicyclic) bond motifs is 1. The zero-order valence-electron chi connectivity index (χ0n) is 14.7. The van der Waals surface area contributed by atoms with Crippen LogP contribution in [0.4, 0.5) is 5.69 Å². The molecule has 1 heterocycles. The van der Waals surface area contributed by atoms with Crippen molar-refractivity contribution >= 4 is 15.7 Å². The first-order valence-corrected chi connectivity index (χ1v) is 9.75. The fourth-order valence-corrected chi connectivity index (χ4v) is 3.60. The number of methoxy groups -OCH3 is 1. The lowest BCUT2D eigenvalue weighted by Gasteiger charge is -2.14. The molecule has 0 aliphatic carbocycles. The van der Waals surface area contributed by atoms with Crippen LogP contribution in [0.5, 0.6) is 23.0 Å². The molecule has 140 valence electrons. The Morgan fingerprint density at radius 1 is 1.04 bits per heavy atom. The van der Waals surface area contributed by atoms with Crippen LogP contribution in [-0.2, 0) is 10.0 Å². The van der Waals surface area contributed by atoms with Crippen LogP contribution in [0.15, 0.2) is 41.3 Å². The molecular formula is C18H21NO6S. The third kappa shape index (κ3) is 3.96. The first-order chi connectivity index (χ1) is 12.5. The van der Waals surface area contributed by atoms with Crippen molar-refractivity contribution in [1.29, 1.82) is 0 Å². The molecule has 8 heteroatoms. The van der Waals surface area contributed by atoms with Crippen LogP contribution in [0.2, 0.25) is 0 Å². The van der Waals surface area contributed by atoms with Crippen LogP contribution in [0.3, 0.4) is 0 Å². The molecule has 0 aromatic heterocycles. The fraction of sp³-hybridized carbons (Fsp3) is 0.333. The summed E-state index contributed by atoms with van der Waals surface area (Å²) in [5.41, 5.74) is 0.373. The van der Waals surface area contributed by atoms with Gasteiger partial charge in [-0.2, -0.15) is 0 Å². The number of nitrogens with one attached hydrogen (secondary N) is 1. The molecule has 0 unspecified atom stereocenters. The summed E-state index contributed by atoms with van der Waals surface area (Å²) in [5, 5.41) is 0. The second-order valence-electron chi connectivity index (χ2n) is 5.56. The lowest BCUT2D eigenvalue weighted by atomic mass is 10.3. The number of sulfonamides is 1. The third-order valence-electron chi connectivity index (χ3n) is 3.74. The van der Waals surface area contributed by atoms with Gasteiger partial charge in [0, 0.05) is 18.6 Å². The fourth-order valence-electron chi connectivity index (χ4n) is 2.53. The van der Waals surface area contributed by atoms with Crippen molar-refractivity contribution in [2.75, 3.05) is 31.7 Å². The van der Waals surface area contributed by atoms with Gasteiger partial charge in [-0.15, -0.1) is 0 Å². The van der Waals surface area contributed by atoms with Crippen molar-refractivity contribution in [3.63, 3.8) is 0 Å². The van der Waals surface area contributed by atoms with E-state index in [4.69, 9.17) is 18.9 Å². The molecule has 1 aliphatic rings. The van der Waals surface area contributed by atoms with Crippen LogP contribution < -0.4 is 23.7 Å². The summed E-state index contributed by atoms with van der Waals surface area (Å²) in [7, 11) is -2.29. The first kappa shape index (κ1) is 18.2. The van der Waals surface area contributed by atoms with Gasteiger partial charge in [-0.3, -0.25) is 4.72 Å². The minimum absolute atomic E-state index is 0.0922. The highest BCUT2D eigenvalue weighted by atomic mass is 32.2. The van der Waals surface area contributed by atoms with E-state index in [1.807, 2.05) is 6.92 Å². The van der Waals surface area contributed by atoms with E-state index in [-0.39, 0.29) is 4.90 Å². The van der Waals surface area contributed by atoms with E-state index < -0.39 is 10.0 Å². The summed E-state index contributed by atoms with van der Waals surface area (Å²) in [6.07, 6.45) is 0.751. The Kier molecular flexibility index (Phi) is 5.41. The van der Waals surface area contributed by atoms with E-state index >= 15 is 0 Å². The molecule has 0 saturated carbocycles. The molecule has 0 bridgehead atoms. The molecule has 7 nitrogen and oxygen atoms in total. The quantitative estimate of drug-likeness (QED) is 0.831. The highest BCUT2D eigenvalue weighted by Crippen LogP contribution is 2.34. The highest BCUT2D eigenvalue weighted by Gasteiger charge is 2.19. The van der Waals surface area contributed by atoms with Gasteiger partial charge >= 0.3 is 0 Å². The van der Waals surface area contributed by atoms with Gasteiger partial charge in [0.05, 0.1) is 37.5 Å². The summed E-state index contributed by atoms with van der Waals surface area (Å²) in [6.45, 7) is 3.38. The number of hydrogen-bond donors (Lipinski definition) is 1. The van der Waals surface area contributed by atoms with Crippen LogP contribution in [0.25, 0.3) is 0 Å². The molecule has 2 aromatic rings. The number of rotatable bonds is 6. The Balaban J connectivity index is 1.86. The minimum Gasteiger partial charge on any atom is -0.493 e. The third-order valence-corrected chi connectivity index (χ3v) is 5.12. The zero-order chi connectivity index (χ0) is 18.6. The monoisotopic (exact) mass is 379 g/mol. The van der Waals surface area contributed by atoms with Gasteiger partial charge in [-0.05, 0) is 31.2 Å². The van der Waals surface area contributed by atoms with Crippen LogP contribution in [0, 0.1) is 0 Å². The molecular weight excluding hydrogens is 358 g/mol. The predicted molar refractivity (Wildman–Crippen MR) is 97.0 cm³/mol. The summed E-state index contributed by atoms with van der Waals surface area (Å²) in [5.74, 6) is 1.97. The van der Waals surface area contributed by atoms with Crippen molar-refractivity contribution < 1.29 is 27.4 Å². The second kappa shape index (κ2) is 7.74. The molecule has 2 aromatic carbocycles. The average molecular weight is 379 g/mol. The topological polar surface area (TPSA) is 83.1 Å². The molecule has 0 spiro atoms. The van der Waals surface area contributed by atoms with Crippen LogP contribution >= 0.6 is 0 Å². The van der Waals surface area contributed by atoms with E-state index in [9.17, 15) is 8.42 Å². The van der Waals surface area contributed by atoms with Crippen LogP contribution in [0.1, 0.15) is 13.3 Å². The lowest BCUT2D eigenvalue weighted by molar-refractivity contribution is 0.297. The minimum atomic E-state index is -3.79. The van der Waals surface area contributed by atoms with Crippen molar-refractivity contribution in [2.24, 2.45) is 0 Å². The van der Waals surface area contributed by atoms with Crippen molar-refractivity contribution in [1.82, 2.24) is 0 Å².